The van der Waals surface area contributed by atoms with E-state index < -0.39 is 10.0 Å². The number of benzene rings is 1. The van der Waals surface area contributed by atoms with Crippen molar-refractivity contribution in [2.24, 2.45) is 5.14 Å². The molecule has 0 spiro atoms. The summed E-state index contributed by atoms with van der Waals surface area (Å²) in [4.78, 5) is 27.7. The summed E-state index contributed by atoms with van der Waals surface area (Å²) >= 11 is 0. The average molecular weight is 417 g/mol. The van der Waals surface area contributed by atoms with Gasteiger partial charge in [-0.05, 0) is 37.1 Å². The lowest BCUT2D eigenvalue weighted by Crippen LogP contribution is -2.49. The largest absolute Gasteiger partial charge is 0.356 e. The zero-order valence-electron chi connectivity index (χ0n) is 16.1. The van der Waals surface area contributed by atoms with Crippen molar-refractivity contribution in [3.63, 3.8) is 0 Å². The van der Waals surface area contributed by atoms with E-state index in [1.165, 1.54) is 37.1 Å². The van der Waals surface area contributed by atoms with Gasteiger partial charge < -0.3 is 14.7 Å². The summed E-state index contributed by atoms with van der Waals surface area (Å²) in [7, 11) is -3.76. The maximum atomic E-state index is 12.7. The summed E-state index contributed by atoms with van der Waals surface area (Å²) in [6, 6.07) is 7.75. The van der Waals surface area contributed by atoms with Crippen LogP contribution in [0.15, 0.2) is 41.6 Å². The minimum Gasteiger partial charge on any atom is -0.356 e. The molecule has 29 heavy (non-hydrogen) atoms. The minimum atomic E-state index is -3.76. The van der Waals surface area contributed by atoms with E-state index in [9.17, 15) is 13.2 Å². The number of nitrogens with zero attached hydrogens (tertiary/aromatic N) is 5. The predicted octanol–water partition coefficient (Wildman–Crippen LogP) is 0.687. The number of carbonyl (C=O) groups is 1. The van der Waals surface area contributed by atoms with Crippen molar-refractivity contribution in [1.29, 1.82) is 0 Å². The third-order valence-electron chi connectivity index (χ3n) is 5.39. The molecule has 0 atom stereocenters. The van der Waals surface area contributed by atoms with Crippen LogP contribution in [0.3, 0.4) is 0 Å². The third kappa shape index (κ3) is 4.33. The summed E-state index contributed by atoms with van der Waals surface area (Å²) in [5.41, 5.74) is 0.448. The van der Waals surface area contributed by atoms with Crippen LogP contribution in [0.25, 0.3) is 0 Å². The fourth-order valence-corrected chi connectivity index (χ4v) is 4.25. The van der Waals surface area contributed by atoms with Crippen LogP contribution in [0.4, 0.5) is 11.6 Å². The molecule has 2 saturated heterocycles. The molecule has 0 unspecified atom stereocenters. The molecule has 4 rings (SSSR count). The molecule has 9 nitrogen and oxygen atoms in total. The summed E-state index contributed by atoms with van der Waals surface area (Å²) in [5, 5.41) is 5.10. The smallest absolute Gasteiger partial charge is 0.253 e. The Labute approximate surface area is 170 Å². The fourth-order valence-electron chi connectivity index (χ4n) is 3.74. The van der Waals surface area contributed by atoms with E-state index in [0.717, 1.165) is 24.7 Å². The van der Waals surface area contributed by atoms with Gasteiger partial charge >= 0.3 is 0 Å². The second kappa shape index (κ2) is 7.96. The number of hydrogen-bond donors (Lipinski definition) is 1. The first kappa shape index (κ1) is 19.6. The van der Waals surface area contributed by atoms with Gasteiger partial charge in [-0.15, -0.1) is 0 Å². The monoisotopic (exact) mass is 416 g/mol. The van der Waals surface area contributed by atoms with Crippen LogP contribution in [-0.2, 0) is 10.0 Å². The van der Waals surface area contributed by atoms with Crippen LogP contribution < -0.4 is 14.9 Å². The molecule has 1 aromatic heterocycles. The van der Waals surface area contributed by atoms with Crippen LogP contribution >= 0.6 is 0 Å². The Kier molecular flexibility index (Phi) is 5.37. The molecule has 2 aliphatic heterocycles. The van der Waals surface area contributed by atoms with Gasteiger partial charge in [-0.3, -0.25) is 4.79 Å². The normalized spacial score (nSPS) is 17.6. The molecular formula is C19H24N6O3S. The summed E-state index contributed by atoms with van der Waals surface area (Å²) < 4.78 is 22.7. The van der Waals surface area contributed by atoms with Crippen molar-refractivity contribution in [1.82, 2.24) is 14.9 Å². The maximum absolute atomic E-state index is 12.7. The highest BCUT2D eigenvalue weighted by Gasteiger charge is 2.24. The van der Waals surface area contributed by atoms with E-state index in [1.807, 2.05) is 6.07 Å². The lowest BCUT2D eigenvalue weighted by molar-refractivity contribution is 0.0746. The Balaban J connectivity index is 1.39. The van der Waals surface area contributed by atoms with Crippen molar-refractivity contribution in [3.05, 3.63) is 42.2 Å². The molecule has 0 aliphatic carbocycles. The maximum Gasteiger partial charge on any atom is 0.253 e. The second-order valence-electron chi connectivity index (χ2n) is 7.28. The molecule has 10 heteroatoms. The SMILES string of the molecule is NS(=O)(=O)c1ccc(C(=O)N2CCN(c3cc(N4CCCC4)ncn3)CC2)cc1. The van der Waals surface area contributed by atoms with E-state index in [-0.39, 0.29) is 10.8 Å². The van der Waals surface area contributed by atoms with Gasteiger partial charge in [0.15, 0.2) is 0 Å². The standard InChI is InChI=1S/C19H24N6O3S/c20-29(27,28)16-5-3-15(4-6-16)19(26)25-11-9-24(10-12-25)18-13-17(21-14-22-18)23-7-1-2-8-23/h3-6,13-14H,1-2,7-12H2,(H2,20,27,28). The Morgan fingerprint density at radius 2 is 1.41 bits per heavy atom. The molecule has 2 aromatic rings. The number of anilines is 2. The molecule has 2 aliphatic rings. The molecule has 154 valence electrons. The molecule has 2 fully saturated rings. The highest BCUT2D eigenvalue weighted by molar-refractivity contribution is 7.89. The van der Waals surface area contributed by atoms with Gasteiger partial charge in [0.2, 0.25) is 10.0 Å². The predicted molar refractivity (Wildman–Crippen MR) is 109 cm³/mol. The molecule has 0 bridgehead atoms. The van der Waals surface area contributed by atoms with E-state index in [1.54, 1.807) is 11.2 Å². The molecular weight excluding hydrogens is 392 g/mol. The summed E-state index contributed by atoms with van der Waals surface area (Å²) in [6.45, 7) is 4.55. The van der Waals surface area contributed by atoms with Crippen molar-refractivity contribution in [2.45, 2.75) is 17.7 Å². The summed E-state index contributed by atoms with van der Waals surface area (Å²) in [5.74, 6) is 1.72. The molecule has 0 radical (unpaired) electrons. The number of rotatable bonds is 4. The van der Waals surface area contributed by atoms with Gasteiger partial charge in [-0.1, -0.05) is 0 Å². The topological polar surface area (TPSA) is 113 Å². The molecule has 0 saturated carbocycles. The first-order valence-corrected chi connectivity index (χ1v) is 11.2. The van der Waals surface area contributed by atoms with Crippen molar-refractivity contribution >= 4 is 27.6 Å². The van der Waals surface area contributed by atoms with Gasteiger partial charge in [0, 0.05) is 50.9 Å². The van der Waals surface area contributed by atoms with Gasteiger partial charge in [-0.25, -0.2) is 23.5 Å². The Morgan fingerprint density at radius 3 is 1.97 bits per heavy atom. The van der Waals surface area contributed by atoms with Gasteiger partial charge in [0.25, 0.3) is 5.91 Å². The number of piperazine rings is 1. The fraction of sp³-hybridized carbons (Fsp3) is 0.421. The van der Waals surface area contributed by atoms with Crippen molar-refractivity contribution in [3.8, 4) is 0 Å². The molecule has 1 amide bonds. The number of carbonyl (C=O) groups excluding carboxylic acids is 1. The van der Waals surface area contributed by atoms with Crippen LogP contribution in [-0.4, -0.2) is 68.5 Å². The molecule has 1 aromatic carbocycles. The second-order valence-corrected chi connectivity index (χ2v) is 8.84. The number of primary sulfonamides is 1. The lowest BCUT2D eigenvalue weighted by Gasteiger charge is -2.35. The van der Waals surface area contributed by atoms with E-state index in [2.05, 4.69) is 19.8 Å². The number of nitrogens with two attached hydrogens (primary N) is 1. The van der Waals surface area contributed by atoms with E-state index >= 15 is 0 Å². The number of aromatic nitrogens is 2. The van der Waals surface area contributed by atoms with Gasteiger partial charge in [0.05, 0.1) is 4.90 Å². The highest BCUT2D eigenvalue weighted by atomic mass is 32.2. The Bertz CT molecular complexity index is 981. The highest BCUT2D eigenvalue weighted by Crippen LogP contribution is 2.22. The van der Waals surface area contributed by atoms with Crippen molar-refractivity contribution < 1.29 is 13.2 Å². The Hall–Kier alpha value is -2.72. The first-order valence-electron chi connectivity index (χ1n) is 9.66. The van der Waals surface area contributed by atoms with Crippen LogP contribution in [0.2, 0.25) is 0 Å². The zero-order valence-corrected chi connectivity index (χ0v) is 16.9. The third-order valence-corrected chi connectivity index (χ3v) is 6.32. The van der Waals surface area contributed by atoms with Crippen molar-refractivity contribution in [2.75, 3.05) is 49.1 Å². The van der Waals surface area contributed by atoms with Crippen LogP contribution in [0, 0.1) is 0 Å². The van der Waals surface area contributed by atoms with Gasteiger partial charge in [-0.2, -0.15) is 0 Å². The van der Waals surface area contributed by atoms with E-state index in [4.69, 9.17) is 5.14 Å². The quantitative estimate of drug-likeness (QED) is 0.780. The van der Waals surface area contributed by atoms with Crippen LogP contribution in [0.1, 0.15) is 23.2 Å². The first-order chi connectivity index (χ1) is 13.9. The lowest BCUT2D eigenvalue weighted by atomic mass is 10.2. The zero-order chi connectivity index (χ0) is 20.4. The molecule has 2 N–H and O–H groups in total. The van der Waals surface area contributed by atoms with E-state index in [0.29, 0.717) is 31.7 Å². The van der Waals surface area contributed by atoms with Gasteiger partial charge in [0.1, 0.15) is 18.0 Å². The van der Waals surface area contributed by atoms with Crippen LogP contribution in [0.5, 0.6) is 0 Å². The Morgan fingerprint density at radius 1 is 0.862 bits per heavy atom. The number of sulfonamides is 1. The number of hydrogen-bond acceptors (Lipinski definition) is 7. The average Bonchev–Trinajstić information content (AvgIpc) is 3.28. The summed E-state index contributed by atoms with van der Waals surface area (Å²) in [6.07, 6.45) is 3.99. The molecule has 3 heterocycles. The number of amides is 1. The minimum absolute atomic E-state index is 0.00330.